The summed E-state index contributed by atoms with van der Waals surface area (Å²) in [5, 5.41) is 7.69. The quantitative estimate of drug-likeness (QED) is 0.791. The van der Waals surface area contributed by atoms with E-state index >= 15 is 0 Å². The summed E-state index contributed by atoms with van der Waals surface area (Å²) in [4.78, 5) is 7.96. The second kappa shape index (κ2) is 3.86. The SMILES string of the molecule is Cc1c(Cl)ncnc1Nc1ccn(C)n1. The van der Waals surface area contributed by atoms with Gasteiger partial charge >= 0.3 is 0 Å². The molecule has 0 aliphatic heterocycles. The Kier molecular flexibility index (Phi) is 2.55. The molecule has 6 heteroatoms. The van der Waals surface area contributed by atoms with Crippen molar-refractivity contribution < 1.29 is 0 Å². The third-order valence-corrected chi connectivity index (χ3v) is 2.36. The normalized spacial score (nSPS) is 10.3. The molecule has 2 aromatic heterocycles. The average molecular weight is 224 g/mol. The van der Waals surface area contributed by atoms with Gasteiger partial charge in [-0.15, -0.1) is 0 Å². The molecule has 15 heavy (non-hydrogen) atoms. The molecular formula is C9H10ClN5. The predicted molar refractivity (Wildman–Crippen MR) is 58.3 cm³/mol. The Morgan fingerprint density at radius 3 is 2.87 bits per heavy atom. The van der Waals surface area contributed by atoms with Crippen molar-refractivity contribution in [2.45, 2.75) is 6.92 Å². The Balaban J connectivity index is 2.28. The summed E-state index contributed by atoms with van der Waals surface area (Å²) in [5.41, 5.74) is 0.810. The van der Waals surface area contributed by atoms with E-state index in [4.69, 9.17) is 11.6 Å². The average Bonchev–Trinajstić information content (AvgIpc) is 2.59. The fourth-order valence-electron chi connectivity index (χ4n) is 1.16. The summed E-state index contributed by atoms with van der Waals surface area (Å²) < 4.78 is 1.71. The smallest absolute Gasteiger partial charge is 0.153 e. The van der Waals surface area contributed by atoms with Crippen LogP contribution in [0.5, 0.6) is 0 Å². The zero-order valence-electron chi connectivity index (χ0n) is 8.40. The van der Waals surface area contributed by atoms with Crippen LogP contribution in [0.1, 0.15) is 5.56 Å². The first kappa shape index (κ1) is 9.92. The second-order valence-corrected chi connectivity index (χ2v) is 3.50. The molecule has 0 fully saturated rings. The molecule has 0 bridgehead atoms. The lowest BCUT2D eigenvalue weighted by molar-refractivity contribution is 0.771. The van der Waals surface area contributed by atoms with E-state index in [-0.39, 0.29) is 0 Å². The fraction of sp³-hybridized carbons (Fsp3) is 0.222. The molecule has 1 N–H and O–H groups in total. The van der Waals surface area contributed by atoms with Crippen molar-refractivity contribution >= 4 is 23.2 Å². The van der Waals surface area contributed by atoms with Crippen LogP contribution in [-0.2, 0) is 7.05 Å². The molecule has 0 radical (unpaired) electrons. The number of nitrogens with one attached hydrogen (secondary N) is 1. The molecular weight excluding hydrogens is 214 g/mol. The zero-order chi connectivity index (χ0) is 10.8. The summed E-state index contributed by atoms with van der Waals surface area (Å²) in [7, 11) is 1.85. The molecule has 2 aromatic rings. The fourth-order valence-corrected chi connectivity index (χ4v) is 1.29. The zero-order valence-corrected chi connectivity index (χ0v) is 9.15. The van der Waals surface area contributed by atoms with E-state index in [1.165, 1.54) is 6.33 Å². The highest BCUT2D eigenvalue weighted by molar-refractivity contribution is 6.30. The van der Waals surface area contributed by atoms with Gasteiger partial charge < -0.3 is 5.32 Å². The topological polar surface area (TPSA) is 55.6 Å². The predicted octanol–water partition coefficient (Wildman–Crippen LogP) is 1.92. The molecule has 0 aliphatic carbocycles. The van der Waals surface area contributed by atoms with Crippen molar-refractivity contribution in [1.82, 2.24) is 19.7 Å². The van der Waals surface area contributed by atoms with Gasteiger partial charge in [0.15, 0.2) is 5.82 Å². The lowest BCUT2D eigenvalue weighted by Crippen LogP contribution is -1.99. The van der Waals surface area contributed by atoms with Crippen LogP contribution in [0, 0.1) is 6.92 Å². The maximum atomic E-state index is 5.87. The second-order valence-electron chi connectivity index (χ2n) is 3.14. The van der Waals surface area contributed by atoms with E-state index in [9.17, 15) is 0 Å². The monoisotopic (exact) mass is 223 g/mol. The summed E-state index contributed by atoms with van der Waals surface area (Å²) in [6.07, 6.45) is 3.26. The minimum atomic E-state index is 0.448. The molecule has 0 spiro atoms. The Bertz CT molecular complexity index is 479. The molecule has 0 amide bonds. The van der Waals surface area contributed by atoms with Gasteiger partial charge in [0, 0.05) is 24.9 Å². The summed E-state index contributed by atoms with van der Waals surface area (Å²) in [6, 6.07) is 1.86. The lowest BCUT2D eigenvalue weighted by Gasteiger charge is -2.05. The lowest BCUT2D eigenvalue weighted by atomic mass is 10.3. The molecule has 0 saturated carbocycles. The first-order chi connectivity index (χ1) is 7.16. The van der Waals surface area contributed by atoms with Gasteiger partial charge in [-0.2, -0.15) is 5.10 Å². The van der Waals surface area contributed by atoms with E-state index in [1.807, 2.05) is 26.2 Å². The summed E-state index contributed by atoms with van der Waals surface area (Å²) >= 11 is 5.87. The van der Waals surface area contributed by atoms with Crippen LogP contribution in [0.25, 0.3) is 0 Å². The van der Waals surface area contributed by atoms with Crippen molar-refractivity contribution in [3.8, 4) is 0 Å². The molecule has 0 unspecified atom stereocenters. The Morgan fingerprint density at radius 1 is 1.40 bits per heavy atom. The van der Waals surface area contributed by atoms with E-state index in [1.54, 1.807) is 4.68 Å². The Hall–Kier alpha value is -1.62. The number of aromatic nitrogens is 4. The molecule has 2 rings (SSSR count). The van der Waals surface area contributed by atoms with Crippen LogP contribution in [-0.4, -0.2) is 19.7 Å². The molecule has 5 nitrogen and oxygen atoms in total. The third kappa shape index (κ3) is 2.07. The first-order valence-electron chi connectivity index (χ1n) is 4.40. The van der Waals surface area contributed by atoms with Crippen molar-refractivity contribution in [1.29, 1.82) is 0 Å². The van der Waals surface area contributed by atoms with Crippen LogP contribution in [0.3, 0.4) is 0 Å². The highest BCUT2D eigenvalue weighted by Crippen LogP contribution is 2.20. The van der Waals surface area contributed by atoms with E-state index in [0.717, 1.165) is 11.4 Å². The molecule has 2 heterocycles. The van der Waals surface area contributed by atoms with Crippen molar-refractivity contribution in [3.63, 3.8) is 0 Å². The standard InChI is InChI=1S/C9H10ClN5/c1-6-8(10)11-5-12-9(6)13-7-3-4-15(2)14-7/h3-5H,1-2H3,(H,11,12,13,14). The van der Waals surface area contributed by atoms with Crippen molar-refractivity contribution in [2.24, 2.45) is 7.05 Å². The number of nitrogens with zero attached hydrogens (tertiary/aromatic N) is 4. The number of rotatable bonds is 2. The molecule has 0 aromatic carbocycles. The van der Waals surface area contributed by atoms with E-state index in [0.29, 0.717) is 11.0 Å². The number of hydrogen-bond donors (Lipinski definition) is 1. The van der Waals surface area contributed by atoms with Gasteiger partial charge in [0.25, 0.3) is 0 Å². The van der Waals surface area contributed by atoms with Gasteiger partial charge in [-0.05, 0) is 6.92 Å². The van der Waals surface area contributed by atoms with Crippen LogP contribution >= 0.6 is 11.6 Å². The highest BCUT2D eigenvalue weighted by Gasteiger charge is 2.05. The third-order valence-electron chi connectivity index (χ3n) is 1.98. The first-order valence-corrected chi connectivity index (χ1v) is 4.78. The molecule has 0 aliphatic rings. The molecule has 0 saturated heterocycles. The molecule has 78 valence electrons. The maximum absolute atomic E-state index is 5.87. The van der Waals surface area contributed by atoms with Gasteiger partial charge in [0.2, 0.25) is 0 Å². The van der Waals surface area contributed by atoms with Crippen LogP contribution in [0.2, 0.25) is 5.15 Å². The van der Waals surface area contributed by atoms with Crippen LogP contribution in [0.4, 0.5) is 11.6 Å². The minimum Gasteiger partial charge on any atom is -0.323 e. The number of aryl methyl sites for hydroxylation is 1. The highest BCUT2D eigenvalue weighted by atomic mass is 35.5. The van der Waals surface area contributed by atoms with Gasteiger partial charge in [-0.25, -0.2) is 9.97 Å². The largest absolute Gasteiger partial charge is 0.323 e. The number of anilines is 2. The summed E-state index contributed by atoms with van der Waals surface area (Å²) in [6.45, 7) is 1.85. The maximum Gasteiger partial charge on any atom is 0.153 e. The van der Waals surface area contributed by atoms with Gasteiger partial charge in [-0.3, -0.25) is 4.68 Å². The Labute approximate surface area is 92.1 Å². The summed E-state index contributed by atoms with van der Waals surface area (Å²) in [5.74, 6) is 1.41. The molecule has 0 atom stereocenters. The van der Waals surface area contributed by atoms with Crippen LogP contribution in [0.15, 0.2) is 18.6 Å². The van der Waals surface area contributed by atoms with E-state index in [2.05, 4.69) is 20.4 Å². The van der Waals surface area contributed by atoms with Crippen LogP contribution < -0.4 is 5.32 Å². The Morgan fingerprint density at radius 2 is 2.20 bits per heavy atom. The van der Waals surface area contributed by atoms with Gasteiger partial charge in [0.05, 0.1) is 0 Å². The van der Waals surface area contributed by atoms with Gasteiger partial charge in [-0.1, -0.05) is 11.6 Å². The number of hydrogen-bond acceptors (Lipinski definition) is 4. The van der Waals surface area contributed by atoms with Crippen molar-refractivity contribution in [2.75, 3.05) is 5.32 Å². The van der Waals surface area contributed by atoms with Gasteiger partial charge in [0.1, 0.15) is 17.3 Å². The van der Waals surface area contributed by atoms with Crippen molar-refractivity contribution in [3.05, 3.63) is 29.3 Å². The number of halogens is 1. The van der Waals surface area contributed by atoms with E-state index < -0.39 is 0 Å². The minimum absolute atomic E-state index is 0.448.